The normalized spacial score (nSPS) is 35.0. The fourth-order valence-corrected chi connectivity index (χ4v) is 2.96. The summed E-state index contributed by atoms with van der Waals surface area (Å²) in [5, 5.41) is 8.88. The van der Waals surface area contributed by atoms with Crippen LogP contribution in [0.2, 0.25) is 0 Å². The van der Waals surface area contributed by atoms with Gasteiger partial charge in [0.1, 0.15) is 0 Å². The van der Waals surface area contributed by atoms with Gasteiger partial charge in [-0.1, -0.05) is 13.3 Å². The highest BCUT2D eigenvalue weighted by Crippen LogP contribution is 2.24. The molecule has 0 saturated carbocycles. The van der Waals surface area contributed by atoms with Crippen LogP contribution in [0.5, 0.6) is 0 Å². The van der Waals surface area contributed by atoms with E-state index in [4.69, 9.17) is 9.84 Å². The molecule has 2 fully saturated rings. The van der Waals surface area contributed by atoms with Crippen LogP contribution in [0.4, 0.5) is 0 Å². The zero-order valence-corrected chi connectivity index (χ0v) is 10.6. The van der Waals surface area contributed by atoms with Crippen molar-refractivity contribution < 1.29 is 14.6 Å². The number of aliphatic carboxylic acids is 1. The molecule has 3 unspecified atom stereocenters. The largest absolute Gasteiger partial charge is 0.479 e. The van der Waals surface area contributed by atoms with Gasteiger partial charge < -0.3 is 14.7 Å². The number of rotatable bonds is 4. The first kappa shape index (κ1) is 12.8. The third-order valence-corrected chi connectivity index (χ3v) is 4.03. The van der Waals surface area contributed by atoms with E-state index in [0.717, 1.165) is 32.0 Å². The molecular weight excluding hydrogens is 218 g/mol. The predicted octanol–water partition coefficient (Wildman–Crippen LogP) is 1.74. The molecule has 0 radical (unpaired) electrons. The number of nitrogens with zero attached hydrogens (tertiary/aromatic N) is 1. The summed E-state index contributed by atoms with van der Waals surface area (Å²) in [5.74, 6) is 0.0120. The highest BCUT2D eigenvalue weighted by Gasteiger charge is 2.32. The fourth-order valence-electron chi connectivity index (χ4n) is 2.96. The fraction of sp³-hybridized carbons (Fsp3) is 0.923. The Morgan fingerprint density at radius 2 is 2.24 bits per heavy atom. The average molecular weight is 241 g/mol. The number of carboxylic acid groups (broad SMARTS) is 1. The van der Waals surface area contributed by atoms with Gasteiger partial charge >= 0.3 is 5.97 Å². The predicted molar refractivity (Wildman–Crippen MR) is 65.0 cm³/mol. The third-order valence-electron chi connectivity index (χ3n) is 4.03. The molecule has 0 aliphatic carbocycles. The van der Waals surface area contributed by atoms with Crippen LogP contribution in [-0.4, -0.2) is 47.8 Å². The average Bonchev–Trinajstić information content (AvgIpc) is 2.78. The van der Waals surface area contributed by atoms with Crippen molar-refractivity contribution in [1.29, 1.82) is 0 Å². The van der Waals surface area contributed by atoms with Crippen LogP contribution >= 0.6 is 0 Å². The van der Waals surface area contributed by atoms with Crippen molar-refractivity contribution >= 4 is 5.97 Å². The lowest BCUT2D eigenvalue weighted by atomic mass is 9.95. The zero-order chi connectivity index (χ0) is 12.3. The minimum Gasteiger partial charge on any atom is -0.479 e. The number of ether oxygens (including phenoxy) is 1. The molecular formula is C13H23NO3. The lowest BCUT2D eigenvalue weighted by molar-refractivity contribution is -0.149. The maximum absolute atomic E-state index is 10.8. The molecule has 0 bridgehead atoms. The van der Waals surface area contributed by atoms with E-state index in [0.29, 0.717) is 6.42 Å². The molecule has 4 nitrogen and oxygen atoms in total. The van der Waals surface area contributed by atoms with Gasteiger partial charge in [0.25, 0.3) is 0 Å². The molecule has 2 aliphatic rings. The highest BCUT2D eigenvalue weighted by atomic mass is 16.5. The number of carbonyl (C=O) groups is 1. The van der Waals surface area contributed by atoms with E-state index in [9.17, 15) is 4.79 Å². The van der Waals surface area contributed by atoms with Gasteiger partial charge in [0, 0.05) is 13.1 Å². The highest BCUT2D eigenvalue weighted by molar-refractivity contribution is 5.72. The second-order valence-electron chi connectivity index (χ2n) is 5.34. The van der Waals surface area contributed by atoms with Gasteiger partial charge in [-0.3, -0.25) is 0 Å². The third kappa shape index (κ3) is 3.42. The maximum atomic E-state index is 10.8. The van der Waals surface area contributed by atoms with Gasteiger partial charge in [-0.2, -0.15) is 0 Å². The van der Waals surface area contributed by atoms with Gasteiger partial charge in [0.05, 0.1) is 6.10 Å². The molecule has 17 heavy (non-hydrogen) atoms. The van der Waals surface area contributed by atoms with Crippen LogP contribution < -0.4 is 0 Å². The Kier molecular flexibility index (Phi) is 4.40. The van der Waals surface area contributed by atoms with E-state index < -0.39 is 12.1 Å². The molecule has 0 aromatic rings. The van der Waals surface area contributed by atoms with Crippen LogP contribution in [0.1, 0.15) is 39.0 Å². The molecule has 2 rings (SSSR count). The Balaban J connectivity index is 1.76. The molecule has 0 aromatic heterocycles. The first-order chi connectivity index (χ1) is 8.19. The molecule has 2 heterocycles. The number of hydrogen-bond donors (Lipinski definition) is 1. The summed E-state index contributed by atoms with van der Waals surface area (Å²) in [7, 11) is 0. The van der Waals surface area contributed by atoms with Crippen molar-refractivity contribution in [3.05, 3.63) is 0 Å². The van der Waals surface area contributed by atoms with Gasteiger partial charge in [0.15, 0.2) is 6.10 Å². The maximum Gasteiger partial charge on any atom is 0.332 e. The SMILES string of the molecule is CCC1CCCN(CC2CCC(C(=O)O)O2)C1. The molecule has 2 saturated heterocycles. The molecule has 1 N–H and O–H groups in total. The molecule has 98 valence electrons. The zero-order valence-electron chi connectivity index (χ0n) is 10.6. The molecule has 3 atom stereocenters. The molecule has 0 aromatic carbocycles. The topological polar surface area (TPSA) is 49.8 Å². The van der Waals surface area contributed by atoms with Crippen molar-refractivity contribution in [2.45, 2.75) is 51.2 Å². The van der Waals surface area contributed by atoms with E-state index in [1.807, 2.05) is 0 Å². The summed E-state index contributed by atoms with van der Waals surface area (Å²) in [5.41, 5.74) is 0. The molecule has 2 aliphatic heterocycles. The Morgan fingerprint density at radius 1 is 1.41 bits per heavy atom. The van der Waals surface area contributed by atoms with Crippen LogP contribution in [0.3, 0.4) is 0 Å². The van der Waals surface area contributed by atoms with Crippen molar-refractivity contribution in [1.82, 2.24) is 4.90 Å². The summed E-state index contributed by atoms with van der Waals surface area (Å²) in [6.45, 7) is 5.48. The standard InChI is InChI=1S/C13H23NO3/c1-2-10-4-3-7-14(8-10)9-11-5-6-12(17-11)13(15)16/h10-12H,2-9H2,1H3,(H,15,16). The van der Waals surface area contributed by atoms with E-state index in [2.05, 4.69) is 11.8 Å². The lowest BCUT2D eigenvalue weighted by Gasteiger charge is -2.33. The minimum atomic E-state index is -0.808. The van der Waals surface area contributed by atoms with Crippen LogP contribution in [0.25, 0.3) is 0 Å². The molecule has 0 spiro atoms. The Hall–Kier alpha value is -0.610. The second kappa shape index (κ2) is 5.83. The summed E-state index contributed by atoms with van der Waals surface area (Å²) in [6, 6.07) is 0. The first-order valence-electron chi connectivity index (χ1n) is 6.79. The van der Waals surface area contributed by atoms with Gasteiger partial charge in [-0.25, -0.2) is 4.79 Å². The molecule has 0 amide bonds. The number of piperidine rings is 1. The van der Waals surface area contributed by atoms with Crippen LogP contribution in [0, 0.1) is 5.92 Å². The number of likely N-dealkylation sites (tertiary alicyclic amines) is 1. The molecule has 4 heteroatoms. The van der Waals surface area contributed by atoms with Crippen LogP contribution in [-0.2, 0) is 9.53 Å². The van der Waals surface area contributed by atoms with E-state index in [1.54, 1.807) is 0 Å². The first-order valence-corrected chi connectivity index (χ1v) is 6.79. The monoisotopic (exact) mass is 241 g/mol. The Labute approximate surface area is 103 Å². The number of hydrogen-bond acceptors (Lipinski definition) is 3. The summed E-state index contributed by atoms with van der Waals surface area (Å²) in [4.78, 5) is 13.3. The lowest BCUT2D eigenvalue weighted by Crippen LogP contribution is -2.40. The van der Waals surface area contributed by atoms with E-state index >= 15 is 0 Å². The van der Waals surface area contributed by atoms with Gasteiger partial charge in [-0.05, 0) is 38.1 Å². The summed E-state index contributed by atoms with van der Waals surface area (Å²) >= 11 is 0. The van der Waals surface area contributed by atoms with E-state index in [1.165, 1.54) is 19.3 Å². The second-order valence-corrected chi connectivity index (χ2v) is 5.34. The minimum absolute atomic E-state index is 0.131. The van der Waals surface area contributed by atoms with Gasteiger partial charge in [0.2, 0.25) is 0 Å². The quantitative estimate of drug-likeness (QED) is 0.814. The Bertz CT molecular complexity index is 269. The Morgan fingerprint density at radius 3 is 2.88 bits per heavy atom. The van der Waals surface area contributed by atoms with Crippen molar-refractivity contribution in [2.24, 2.45) is 5.92 Å². The summed E-state index contributed by atoms with van der Waals surface area (Å²) in [6.07, 6.45) is 5.00. The van der Waals surface area contributed by atoms with Crippen LogP contribution in [0.15, 0.2) is 0 Å². The van der Waals surface area contributed by atoms with Crippen molar-refractivity contribution in [2.75, 3.05) is 19.6 Å². The smallest absolute Gasteiger partial charge is 0.332 e. The van der Waals surface area contributed by atoms with Gasteiger partial charge in [-0.15, -0.1) is 0 Å². The summed E-state index contributed by atoms with van der Waals surface area (Å²) < 4.78 is 5.55. The van der Waals surface area contributed by atoms with E-state index in [-0.39, 0.29) is 6.10 Å². The number of carboxylic acids is 1. The van der Waals surface area contributed by atoms with Crippen molar-refractivity contribution in [3.8, 4) is 0 Å². The van der Waals surface area contributed by atoms with Crippen molar-refractivity contribution in [3.63, 3.8) is 0 Å².